The Morgan fingerprint density at radius 3 is 1.00 bits per heavy atom. The summed E-state index contributed by atoms with van der Waals surface area (Å²) in [5.74, 6) is 0.374. The second-order valence-corrected chi connectivity index (χ2v) is 7.43. The van der Waals surface area contributed by atoms with Gasteiger partial charge in [-0.15, -0.1) is 0 Å². The molecule has 0 bridgehead atoms. The van der Waals surface area contributed by atoms with Gasteiger partial charge in [0.25, 0.3) is 0 Å². The predicted octanol–water partition coefficient (Wildman–Crippen LogP) is 6.28. The van der Waals surface area contributed by atoms with Crippen LogP contribution in [0.15, 0.2) is 36.4 Å². The molecule has 0 heterocycles. The first-order valence-corrected chi connectivity index (χ1v) is 8.91. The van der Waals surface area contributed by atoms with Crippen LogP contribution in [0.2, 0.25) is 0 Å². The van der Waals surface area contributed by atoms with E-state index >= 15 is 0 Å². The van der Waals surface area contributed by atoms with E-state index in [1.165, 1.54) is 11.1 Å². The second kappa shape index (κ2) is 6.53. The lowest BCUT2D eigenvalue weighted by Crippen LogP contribution is -1.94. The van der Waals surface area contributed by atoms with Gasteiger partial charge in [0.05, 0.1) is 0 Å². The third-order valence-electron chi connectivity index (χ3n) is 5.01. The van der Waals surface area contributed by atoms with Crippen molar-refractivity contribution >= 4 is 0 Å². The van der Waals surface area contributed by atoms with Gasteiger partial charge in [0.15, 0.2) is 0 Å². The molecular weight excluding hydrogens is 320 g/mol. The van der Waals surface area contributed by atoms with Gasteiger partial charge in [-0.1, -0.05) is 35.4 Å². The Hall–Kier alpha value is -2.74. The van der Waals surface area contributed by atoms with Crippen molar-refractivity contribution in [1.82, 2.24) is 0 Å². The molecule has 26 heavy (non-hydrogen) atoms. The first kappa shape index (κ1) is 18.1. The zero-order chi connectivity index (χ0) is 19.2. The molecule has 0 aliphatic carbocycles. The summed E-state index contributed by atoms with van der Waals surface area (Å²) in [7, 11) is 0. The van der Waals surface area contributed by atoms with Crippen molar-refractivity contribution in [1.29, 1.82) is 0 Å². The van der Waals surface area contributed by atoms with Crippen LogP contribution in [0.5, 0.6) is 11.5 Å². The average molecular weight is 346 g/mol. The number of phenolic OH excluding ortho intramolecular Hbond substituents is 2. The maximum absolute atomic E-state index is 10.8. The standard InChI is InChI=1S/C24H26O2/c1-13-7-15(3)23(16(4)8-13)19-11-22(26)20(12-21(19)25)24-17(5)9-14(2)10-18(24)6/h7-12,25-26H,1-6H3. The van der Waals surface area contributed by atoms with E-state index in [1.807, 2.05) is 27.7 Å². The Bertz CT molecular complexity index is 884. The van der Waals surface area contributed by atoms with Crippen LogP contribution >= 0.6 is 0 Å². The molecule has 2 nitrogen and oxygen atoms in total. The molecule has 0 aliphatic heterocycles. The normalized spacial score (nSPS) is 11.0. The largest absolute Gasteiger partial charge is 0.507 e. The van der Waals surface area contributed by atoms with Crippen molar-refractivity contribution in [2.75, 3.05) is 0 Å². The molecule has 134 valence electrons. The summed E-state index contributed by atoms with van der Waals surface area (Å²) in [6.45, 7) is 12.3. The van der Waals surface area contributed by atoms with Crippen LogP contribution in [0.4, 0.5) is 0 Å². The number of benzene rings is 3. The minimum Gasteiger partial charge on any atom is -0.507 e. The molecular formula is C24H26O2. The quantitative estimate of drug-likeness (QED) is 0.536. The number of rotatable bonds is 2. The van der Waals surface area contributed by atoms with E-state index in [1.54, 1.807) is 12.1 Å². The zero-order valence-corrected chi connectivity index (χ0v) is 16.4. The number of aryl methyl sites for hydroxylation is 6. The number of hydrogen-bond acceptors (Lipinski definition) is 2. The molecule has 0 saturated carbocycles. The first-order valence-electron chi connectivity index (χ1n) is 8.91. The van der Waals surface area contributed by atoms with Crippen molar-refractivity contribution in [3.05, 3.63) is 69.8 Å². The van der Waals surface area contributed by atoms with Crippen LogP contribution in [-0.4, -0.2) is 10.2 Å². The second-order valence-electron chi connectivity index (χ2n) is 7.43. The molecule has 0 fully saturated rings. The lowest BCUT2D eigenvalue weighted by molar-refractivity contribution is 0.463. The molecule has 0 aromatic heterocycles. The monoisotopic (exact) mass is 346 g/mol. The van der Waals surface area contributed by atoms with Gasteiger partial charge in [0.2, 0.25) is 0 Å². The Morgan fingerprint density at radius 1 is 0.462 bits per heavy atom. The van der Waals surface area contributed by atoms with E-state index in [0.717, 1.165) is 33.4 Å². The van der Waals surface area contributed by atoms with Gasteiger partial charge >= 0.3 is 0 Å². The van der Waals surface area contributed by atoms with Crippen molar-refractivity contribution < 1.29 is 10.2 Å². The zero-order valence-electron chi connectivity index (χ0n) is 16.4. The summed E-state index contributed by atoms with van der Waals surface area (Å²) in [5, 5.41) is 21.5. The molecule has 3 rings (SSSR count). The smallest absolute Gasteiger partial charge is 0.124 e. The maximum atomic E-state index is 10.8. The molecule has 3 aromatic rings. The Labute approximate surface area is 155 Å². The van der Waals surface area contributed by atoms with Crippen LogP contribution < -0.4 is 0 Å². The van der Waals surface area contributed by atoms with Crippen LogP contribution in [0.25, 0.3) is 22.3 Å². The van der Waals surface area contributed by atoms with Crippen LogP contribution in [0.3, 0.4) is 0 Å². The fourth-order valence-electron chi connectivity index (χ4n) is 4.19. The minimum atomic E-state index is 0.187. The number of hydrogen-bond donors (Lipinski definition) is 2. The summed E-state index contributed by atoms with van der Waals surface area (Å²) in [5.41, 5.74) is 10.0. The summed E-state index contributed by atoms with van der Waals surface area (Å²) < 4.78 is 0. The maximum Gasteiger partial charge on any atom is 0.124 e. The highest BCUT2D eigenvalue weighted by Gasteiger charge is 2.17. The SMILES string of the molecule is Cc1cc(C)c(-c2cc(O)c(-c3c(C)cc(C)cc3C)cc2O)c(C)c1. The van der Waals surface area contributed by atoms with Crippen LogP contribution in [0.1, 0.15) is 33.4 Å². The summed E-state index contributed by atoms with van der Waals surface area (Å²) in [6, 6.07) is 11.8. The number of aromatic hydroxyl groups is 2. The third kappa shape index (κ3) is 3.08. The average Bonchev–Trinajstić information content (AvgIpc) is 2.49. The topological polar surface area (TPSA) is 40.5 Å². The van der Waals surface area contributed by atoms with Crippen molar-refractivity contribution in [2.24, 2.45) is 0 Å². The van der Waals surface area contributed by atoms with E-state index < -0.39 is 0 Å². The molecule has 0 aliphatic rings. The Morgan fingerprint density at radius 2 is 0.731 bits per heavy atom. The van der Waals surface area contributed by atoms with Gasteiger partial charge in [-0.25, -0.2) is 0 Å². The van der Waals surface area contributed by atoms with Gasteiger partial charge in [-0.2, -0.15) is 0 Å². The summed E-state index contributed by atoms with van der Waals surface area (Å²) in [4.78, 5) is 0. The van der Waals surface area contributed by atoms with Crippen LogP contribution in [0, 0.1) is 41.5 Å². The molecule has 0 spiro atoms. The summed E-state index contributed by atoms with van der Waals surface area (Å²) >= 11 is 0. The van der Waals surface area contributed by atoms with Gasteiger partial charge in [-0.05, 0) is 87.1 Å². The van der Waals surface area contributed by atoms with Gasteiger partial charge in [-0.3, -0.25) is 0 Å². The fraction of sp³-hybridized carbons (Fsp3) is 0.250. The van der Waals surface area contributed by atoms with E-state index in [2.05, 4.69) is 38.1 Å². The third-order valence-corrected chi connectivity index (χ3v) is 5.01. The molecule has 0 amide bonds. The highest BCUT2D eigenvalue weighted by atomic mass is 16.3. The molecule has 2 heteroatoms. The molecule has 3 aromatic carbocycles. The Balaban J connectivity index is 2.24. The van der Waals surface area contributed by atoms with Gasteiger partial charge in [0, 0.05) is 11.1 Å². The van der Waals surface area contributed by atoms with Crippen molar-refractivity contribution in [3.8, 4) is 33.8 Å². The highest BCUT2D eigenvalue weighted by Crippen LogP contribution is 2.43. The van der Waals surface area contributed by atoms with E-state index in [0.29, 0.717) is 11.1 Å². The molecule has 0 saturated heterocycles. The van der Waals surface area contributed by atoms with Gasteiger partial charge < -0.3 is 10.2 Å². The highest BCUT2D eigenvalue weighted by molar-refractivity contribution is 5.85. The number of phenols is 2. The van der Waals surface area contributed by atoms with E-state index in [-0.39, 0.29) is 11.5 Å². The van der Waals surface area contributed by atoms with E-state index in [9.17, 15) is 10.2 Å². The first-order chi connectivity index (χ1) is 12.2. The van der Waals surface area contributed by atoms with Crippen LogP contribution in [-0.2, 0) is 0 Å². The van der Waals surface area contributed by atoms with Crippen molar-refractivity contribution in [3.63, 3.8) is 0 Å². The lowest BCUT2D eigenvalue weighted by atomic mass is 9.89. The van der Waals surface area contributed by atoms with E-state index in [4.69, 9.17) is 0 Å². The van der Waals surface area contributed by atoms with Crippen molar-refractivity contribution in [2.45, 2.75) is 41.5 Å². The predicted molar refractivity (Wildman–Crippen MR) is 109 cm³/mol. The minimum absolute atomic E-state index is 0.187. The molecule has 2 N–H and O–H groups in total. The molecule has 0 unspecified atom stereocenters. The fourth-order valence-corrected chi connectivity index (χ4v) is 4.19. The lowest BCUT2D eigenvalue weighted by Gasteiger charge is -2.17. The summed E-state index contributed by atoms with van der Waals surface area (Å²) in [6.07, 6.45) is 0. The molecule has 0 radical (unpaired) electrons. The molecule has 0 atom stereocenters. The van der Waals surface area contributed by atoms with Gasteiger partial charge in [0.1, 0.15) is 11.5 Å². The Kier molecular flexibility index (Phi) is 4.53.